The zero-order valence-corrected chi connectivity index (χ0v) is 18.8. The Kier molecular flexibility index (Phi) is 6.06. The van der Waals surface area contributed by atoms with Crippen molar-refractivity contribution in [3.8, 4) is 5.75 Å². The van der Waals surface area contributed by atoms with Crippen molar-refractivity contribution in [2.45, 2.75) is 59.3 Å². The Hall–Kier alpha value is -1.20. The molecule has 7 nitrogen and oxygen atoms in total. The summed E-state index contributed by atoms with van der Waals surface area (Å²) in [4.78, 5) is 2.26. The smallest absolute Gasteiger partial charge is 0.399 e. The fraction of sp³-hybridized carbons (Fsp3) is 0.684. The van der Waals surface area contributed by atoms with E-state index in [0.29, 0.717) is 17.6 Å². The van der Waals surface area contributed by atoms with Crippen LogP contribution in [0, 0.1) is 13.8 Å². The molecule has 0 atom stereocenters. The van der Waals surface area contributed by atoms with E-state index in [4.69, 9.17) is 9.31 Å². The molecular weight excluding hydrogens is 398 g/mol. The average molecular weight is 428 g/mol. The van der Waals surface area contributed by atoms with Gasteiger partial charge >= 0.3 is 17.6 Å². The summed E-state index contributed by atoms with van der Waals surface area (Å²) in [7, 11) is -5.85. The van der Waals surface area contributed by atoms with E-state index in [-0.39, 0.29) is 5.75 Å². The van der Waals surface area contributed by atoms with Crippen LogP contribution in [0.3, 0.4) is 0 Å². The first-order valence-electron chi connectivity index (χ1n) is 9.86. The number of nitrogens with zero attached hydrogens (tertiary/aromatic N) is 1. The van der Waals surface area contributed by atoms with Crippen LogP contribution in [0.25, 0.3) is 0 Å². The van der Waals surface area contributed by atoms with Crippen molar-refractivity contribution in [2.75, 3.05) is 26.2 Å². The summed E-state index contributed by atoms with van der Waals surface area (Å²) in [5.41, 5.74) is 1.86. The van der Waals surface area contributed by atoms with Gasteiger partial charge in [0, 0.05) is 32.7 Å². The van der Waals surface area contributed by atoms with E-state index in [9.17, 15) is 12.3 Å². The lowest BCUT2D eigenvalue weighted by molar-refractivity contribution is 0.00578. The molecule has 1 N–H and O–H groups in total. The van der Waals surface area contributed by atoms with Crippen LogP contribution in [-0.2, 0) is 26.4 Å². The maximum Gasteiger partial charge on any atom is 0.495 e. The molecule has 0 aliphatic carbocycles. The molecule has 0 saturated carbocycles. The fourth-order valence-electron chi connectivity index (χ4n) is 3.74. The summed E-state index contributed by atoms with van der Waals surface area (Å²) in [6.07, 6.45) is 0. The average Bonchev–Trinajstić information content (AvgIpc) is 2.79. The van der Waals surface area contributed by atoms with Crippen LogP contribution in [0.2, 0.25) is 0 Å². The fourth-order valence-corrected chi connectivity index (χ4v) is 4.13. The zero-order valence-electron chi connectivity index (χ0n) is 18.0. The van der Waals surface area contributed by atoms with Crippen LogP contribution in [-0.4, -0.2) is 57.8 Å². The predicted octanol–water partition coefficient (Wildman–Crippen LogP) is 1.60. The summed E-state index contributed by atoms with van der Waals surface area (Å²) >= 11 is 0. The second-order valence-electron chi connectivity index (χ2n) is 8.79. The van der Waals surface area contributed by atoms with Gasteiger partial charge in [-0.25, -0.2) is 0 Å². The lowest BCUT2D eigenvalue weighted by atomic mass is 9.72. The van der Waals surface area contributed by atoms with E-state index >= 15 is 0 Å². The highest BCUT2D eigenvalue weighted by Crippen LogP contribution is 2.38. The number of nitrogens with one attached hydrogen (secondary N) is 1. The van der Waals surface area contributed by atoms with Gasteiger partial charge in [0.15, 0.2) is 0 Å². The minimum atomic E-state index is -5.15. The van der Waals surface area contributed by atoms with Gasteiger partial charge in [-0.05, 0) is 69.8 Å². The summed E-state index contributed by atoms with van der Waals surface area (Å²) in [6.45, 7) is 15.6. The highest BCUT2D eigenvalue weighted by molar-refractivity contribution is 7.81. The molecule has 0 radical (unpaired) electrons. The maximum atomic E-state index is 13.4. The zero-order chi connectivity index (χ0) is 21.6. The van der Waals surface area contributed by atoms with Gasteiger partial charge in [-0.3, -0.25) is 4.90 Å². The van der Waals surface area contributed by atoms with Crippen molar-refractivity contribution in [1.29, 1.82) is 0 Å². The van der Waals surface area contributed by atoms with Gasteiger partial charge in [0.1, 0.15) is 5.75 Å². The summed E-state index contributed by atoms with van der Waals surface area (Å²) in [5, 5.41) is 3.31. The molecule has 1 aromatic carbocycles. The lowest BCUT2D eigenvalue weighted by Crippen LogP contribution is -2.44. The standard InChI is InChI=1S/C19H30BFN2O5S/c1-13-15(12-23-9-7-22-8-10-23)11-16(26-29(21,24)25)14(2)17(13)20-27-18(3,4)19(5,6)28-20/h11,22H,7-10,12H2,1-6H3. The number of hydrogen-bond acceptors (Lipinski definition) is 7. The first kappa shape index (κ1) is 22.5. The van der Waals surface area contributed by atoms with Gasteiger partial charge in [0.2, 0.25) is 0 Å². The second kappa shape index (κ2) is 7.81. The van der Waals surface area contributed by atoms with E-state index < -0.39 is 28.8 Å². The van der Waals surface area contributed by atoms with Gasteiger partial charge in [-0.1, -0.05) is 3.89 Å². The Morgan fingerprint density at radius 1 is 1.14 bits per heavy atom. The molecule has 0 aromatic heterocycles. The molecule has 2 fully saturated rings. The Morgan fingerprint density at radius 3 is 2.21 bits per heavy atom. The largest absolute Gasteiger partial charge is 0.495 e. The normalized spacial score (nSPS) is 22.1. The first-order chi connectivity index (χ1) is 13.3. The third-order valence-electron chi connectivity index (χ3n) is 6.25. The van der Waals surface area contributed by atoms with Gasteiger partial charge < -0.3 is 18.8 Å². The number of benzene rings is 1. The monoisotopic (exact) mass is 428 g/mol. The Labute approximate surface area is 173 Å². The summed E-state index contributed by atoms with van der Waals surface area (Å²) < 4.78 is 52.9. The molecule has 2 saturated heterocycles. The van der Waals surface area contributed by atoms with Gasteiger partial charge in [0.25, 0.3) is 0 Å². The number of piperazine rings is 1. The molecule has 0 bridgehead atoms. The quantitative estimate of drug-likeness (QED) is 0.564. The SMILES string of the molecule is Cc1c(CN2CCNCC2)cc(OS(=O)(=O)F)c(C)c1B1OC(C)(C)C(C)(C)O1. The third kappa shape index (κ3) is 4.77. The van der Waals surface area contributed by atoms with Crippen LogP contribution in [0.5, 0.6) is 5.75 Å². The molecule has 0 amide bonds. The van der Waals surface area contributed by atoms with Crippen molar-refractivity contribution in [3.63, 3.8) is 0 Å². The van der Waals surface area contributed by atoms with Crippen molar-refractivity contribution in [3.05, 3.63) is 22.8 Å². The minimum absolute atomic E-state index is 0.0343. The third-order valence-corrected chi connectivity index (χ3v) is 6.63. The van der Waals surface area contributed by atoms with Crippen LogP contribution in [0.4, 0.5) is 3.89 Å². The highest BCUT2D eigenvalue weighted by Gasteiger charge is 2.52. The molecule has 162 valence electrons. The molecule has 2 aliphatic heterocycles. The molecular formula is C19H30BFN2O5S. The van der Waals surface area contributed by atoms with Crippen LogP contribution < -0.4 is 15.0 Å². The molecule has 10 heteroatoms. The van der Waals surface area contributed by atoms with Crippen LogP contribution in [0.15, 0.2) is 6.07 Å². The van der Waals surface area contributed by atoms with Gasteiger partial charge in [-0.2, -0.15) is 8.42 Å². The van der Waals surface area contributed by atoms with E-state index in [0.717, 1.165) is 37.3 Å². The Bertz CT molecular complexity index is 869. The number of hydrogen-bond donors (Lipinski definition) is 1. The summed E-state index contributed by atoms with van der Waals surface area (Å²) in [5.74, 6) is -0.0343. The second-order valence-corrected chi connectivity index (χ2v) is 9.74. The Morgan fingerprint density at radius 2 is 1.69 bits per heavy atom. The highest BCUT2D eigenvalue weighted by atomic mass is 32.3. The number of halogens is 1. The number of rotatable bonds is 5. The van der Waals surface area contributed by atoms with Crippen molar-refractivity contribution >= 4 is 23.1 Å². The topological polar surface area (TPSA) is 77.1 Å². The molecule has 2 heterocycles. The minimum Gasteiger partial charge on any atom is -0.399 e. The van der Waals surface area contributed by atoms with E-state index in [1.807, 2.05) is 34.6 Å². The molecule has 29 heavy (non-hydrogen) atoms. The molecule has 3 rings (SSSR count). The van der Waals surface area contributed by atoms with E-state index in [1.165, 1.54) is 0 Å². The van der Waals surface area contributed by atoms with E-state index in [2.05, 4.69) is 14.4 Å². The Balaban J connectivity index is 2.06. The van der Waals surface area contributed by atoms with Gasteiger partial charge in [0.05, 0.1) is 11.2 Å². The van der Waals surface area contributed by atoms with Gasteiger partial charge in [-0.15, -0.1) is 0 Å². The van der Waals surface area contributed by atoms with Crippen LogP contribution in [0.1, 0.15) is 44.4 Å². The first-order valence-corrected chi connectivity index (χ1v) is 11.2. The lowest BCUT2D eigenvalue weighted by Gasteiger charge is -2.32. The summed E-state index contributed by atoms with van der Waals surface area (Å²) in [6, 6.07) is 1.61. The van der Waals surface area contributed by atoms with E-state index in [1.54, 1.807) is 13.0 Å². The van der Waals surface area contributed by atoms with Crippen molar-refractivity contribution in [1.82, 2.24) is 10.2 Å². The maximum absolute atomic E-state index is 13.4. The van der Waals surface area contributed by atoms with Crippen molar-refractivity contribution in [2.24, 2.45) is 0 Å². The molecule has 0 unspecified atom stereocenters. The van der Waals surface area contributed by atoms with Crippen LogP contribution >= 0.6 is 0 Å². The molecule has 1 aromatic rings. The molecule has 2 aliphatic rings. The molecule has 0 spiro atoms. The predicted molar refractivity (Wildman–Crippen MR) is 110 cm³/mol. The van der Waals surface area contributed by atoms with Crippen molar-refractivity contribution < 1.29 is 25.8 Å².